The second-order valence-corrected chi connectivity index (χ2v) is 26.4. The number of morpholine rings is 2. The van der Waals surface area contributed by atoms with Crippen LogP contribution in [0.1, 0.15) is 70.1 Å². The molecule has 546 valence electrons. The van der Waals surface area contributed by atoms with Crippen LogP contribution in [0.4, 0.5) is 60.0 Å². The molecule has 0 amide bonds. The molecular formula is C76H91BF10IN6O6P. The third kappa shape index (κ3) is 35.4. The van der Waals surface area contributed by atoms with Crippen molar-refractivity contribution >= 4 is 94.3 Å². The summed E-state index contributed by atoms with van der Waals surface area (Å²) < 4.78 is 105. The minimum Gasteiger partial charge on any atom is -1.00 e. The Morgan fingerprint density at radius 1 is 0.604 bits per heavy atom. The number of halogens is 11. The number of anilines is 3. The Bertz CT molecular complexity index is 3720. The normalized spacial score (nSPS) is 17.5. The molecule has 2 aliphatic heterocycles. The molecule has 2 saturated heterocycles. The summed E-state index contributed by atoms with van der Waals surface area (Å²) in [5.41, 5.74) is 20.8. The molecule has 3 aromatic rings. The molecule has 2 fully saturated rings. The molecule has 0 bridgehead atoms. The minimum atomic E-state index is -10.7. The fourth-order valence-corrected chi connectivity index (χ4v) is 10.9. The maximum Gasteiger partial charge on any atom is 0.399 e. The number of carbonyl (C=O) groups is 1. The minimum absolute atomic E-state index is 0. The summed E-state index contributed by atoms with van der Waals surface area (Å²) >= 11 is 1.26. The number of rotatable bonds is 15. The van der Waals surface area contributed by atoms with E-state index in [9.17, 15) is 42.9 Å². The van der Waals surface area contributed by atoms with Crippen LogP contribution in [0, 0.1) is 0 Å². The molecule has 3 aromatic carbocycles. The monoisotopic (exact) mass is 1540 g/mol. The first-order valence-electron chi connectivity index (χ1n) is 33.0. The predicted molar refractivity (Wildman–Crippen MR) is 402 cm³/mol. The van der Waals surface area contributed by atoms with Gasteiger partial charge in [-0.1, -0.05) is 103 Å². The Hall–Kier alpha value is -8.00. The molecule has 0 aromatic heterocycles. The number of hydrogen-bond acceptors (Lipinski definition) is 9. The third-order valence-corrected chi connectivity index (χ3v) is 16.0. The van der Waals surface area contributed by atoms with Gasteiger partial charge in [0.1, 0.15) is 40.4 Å². The van der Waals surface area contributed by atoms with E-state index in [1.807, 2.05) is 0 Å². The molecule has 12 nitrogen and oxygen atoms in total. The summed E-state index contributed by atoms with van der Waals surface area (Å²) in [5.74, 6) is 0. The number of benzene rings is 3. The first-order chi connectivity index (χ1) is 47.5. The van der Waals surface area contributed by atoms with Gasteiger partial charge in [0, 0.05) is 93.8 Å². The molecule has 0 atom stereocenters. The maximum atomic E-state index is 9.87. The Morgan fingerprint density at radius 2 is 1.04 bits per heavy atom. The van der Waals surface area contributed by atoms with Crippen LogP contribution in [0.3, 0.4) is 0 Å². The first kappa shape index (κ1) is 85.4. The van der Waals surface area contributed by atoms with E-state index in [0.717, 1.165) is 104 Å². The Labute approximate surface area is 602 Å². The van der Waals surface area contributed by atoms with Crippen molar-refractivity contribution in [1.29, 1.82) is 0 Å². The van der Waals surface area contributed by atoms with Crippen molar-refractivity contribution in [2.75, 3.05) is 122 Å². The van der Waals surface area contributed by atoms with Gasteiger partial charge in [0.15, 0.2) is 30.2 Å². The van der Waals surface area contributed by atoms with Gasteiger partial charge in [-0.15, -0.1) is 0 Å². The van der Waals surface area contributed by atoms with Crippen LogP contribution in [0.25, 0.3) is 18.2 Å². The number of hydrogen-bond donors (Lipinski definition) is 0. The average Bonchev–Trinajstić information content (AvgIpc) is 1.13. The van der Waals surface area contributed by atoms with Crippen molar-refractivity contribution in [2.24, 2.45) is 0 Å². The first-order valence-corrected chi connectivity index (χ1v) is 36.1. The van der Waals surface area contributed by atoms with Crippen LogP contribution in [0.5, 0.6) is 0 Å². The van der Waals surface area contributed by atoms with Gasteiger partial charge in [0.25, 0.3) is 0 Å². The van der Waals surface area contributed by atoms with E-state index >= 15 is 0 Å². The summed E-state index contributed by atoms with van der Waals surface area (Å²) in [7, 11) is -6.12. The standard InChI is InChI=1S/C27H31N2O2.C27H35N2.C21H25N2.CHIO4.BF3.F6P.FH/c1-2-25(20-23-5-9-27(10-6-23)29-13-17-31-18-14-29)21-24(1)19-22-3-7-26(8-4-22)28-11-15-30-16-12-28;1-5-28(6-2)26-15-11-22(12-16-26)19-24-9-10-25(21-24)20-23-13-17-27(18-14-23)29(7-3)8-4;1-22(2)20-14-10-18(11-15-20)8-6-5-7-9-19-12-16-21(17-13-19)23(3)4;2-1(3)5-6-4;2-1(3)4;1-7(2,3,4,5)6;/h3-10,19-21H,1-2,11-18H2;11-21H,5-10H2,1-4H3;5-17H,1-4H3;4H;;;1H/q3*+1;;;-1;/p-2. The van der Waals surface area contributed by atoms with Crippen molar-refractivity contribution in [1.82, 2.24) is 0 Å². The van der Waals surface area contributed by atoms with Crippen LogP contribution < -0.4 is 24.7 Å². The SMILES string of the molecule is C1=CC(=[N+]2CCOCC2)C=CC1=CC1=C/C(=C/c2ccc(N3CCOCC3)cc2)CC1.CCN(CC)c1ccc(/C=C2/C=C(C=C3C=CC(=[N+](CC)CC)C=C3)CC2)cc1.CN(C)c1ccc(/C=C/C=C/C=C2C=CC(=[N+](C)C)C=C2)cc1.FB(F)F.F[P-](F)(F)(F)(F)F.O=C(I)OO[O-].[F-]. The van der Waals surface area contributed by atoms with Crippen LogP contribution in [-0.2, 0) is 19.4 Å². The summed E-state index contributed by atoms with van der Waals surface area (Å²) in [4.78, 5) is 19.7. The van der Waals surface area contributed by atoms with Crippen molar-refractivity contribution in [3.63, 3.8) is 0 Å². The summed E-state index contributed by atoms with van der Waals surface area (Å²) in [5, 5.41) is 11.5. The number of ether oxygens (including phenoxy) is 2. The van der Waals surface area contributed by atoms with Crippen LogP contribution in [0.2, 0.25) is 0 Å². The van der Waals surface area contributed by atoms with Crippen LogP contribution in [0.15, 0.2) is 233 Å². The second kappa shape index (κ2) is 42.4. The fourth-order valence-electron chi connectivity index (χ4n) is 10.8. The third-order valence-electron chi connectivity index (χ3n) is 15.9. The van der Waals surface area contributed by atoms with E-state index in [1.165, 1.54) is 112 Å². The zero-order chi connectivity index (χ0) is 73.2. The van der Waals surface area contributed by atoms with Gasteiger partial charge in [-0.25, -0.2) is 23.6 Å². The predicted octanol–water partition coefficient (Wildman–Crippen LogP) is 15.5. The van der Waals surface area contributed by atoms with Gasteiger partial charge in [-0.05, 0) is 182 Å². The Morgan fingerprint density at radius 3 is 1.48 bits per heavy atom. The molecule has 0 spiro atoms. The van der Waals surface area contributed by atoms with Crippen LogP contribution >= 0.6 is 30.4 Å². The van der Waals surface area contributed by atoms with E-state index in [-0.39, 0.29) is 4.70 Å². The molecule has 7 aliphatic rings. The average molecular weight is 1540 g/mol. The second-order valence-electron chi connectivity index (χ2n) is 23.6. The molecule has 10 rings (SSSR count). The van der Waals surface area contributed by atoms with Gasteiger partial charge in [-0.2, -0.15) is 0 Å². The fraction of sp³-hybridized carbons (Fsp3) is 0.316. The molecule has 0 radical (unpaired) electrons. The Balaban J connectivity index is 0.000000288. The summed E-state index contributed by atoms with van der Waals surface area (Å²) in [6.45, 7) is 20.3. The summed E-state index contributed by atoms with van der Waals surface area (Å²) in [6, 6.07) is 26.4. The largest absolute Gasteiger partial charge is 1.00 e. The molecule has 0 N–H and O–H groups in total. The number of allylic oxidation sites excluding steroid dienone is 27. The number of nitrogens with zero attached hydrogens (tertiary/aromatic N) is 6. The molecule has 0 saturated carbocycles. The molecule has 0 unspecified atom stereocenters. The molecule has 101 heavy (non-hydrogen) atoms. The molecular weight excluding hydrogens is 1450 g/mol. The van der Waals surface area contributed by atoms with E-state index in [2.05, 4.69) is 307 Å². The van der Waals surface area contributed by atoms with E-state index < -0.39 is 19.3 Å². The van der Waals surface area contributed by atoms with E-state index in [0.29, 0.717) is 0 Å². The van der Waals surface area contributed by atoms with Gasteiger partial charge in [0.2, 0.25) is 0 Å². The van der Waals surface area contributed by atoms with Crippen molar-refractivity contribution in [2.45, 2.75) is 53.4 Å². The Kier molecular flexibility index (Phi) is 35.9. The van der Waals surface area contributed by atoms with Crippen molar-refractivity contribution < 1.29 is 86.0 Å². The molecule has 5 aliphatic carbocycles. The smallest absolute Gasteiger partial charge is 0.399 e. The van der Waals surface area contributed by atoms with Gasteiger partial charge in [-0.3, -0.25) is 17.8 Å². The van der Waals surface area contributed by atoms with Crippen LogP contribution in [-0.4, -0.2) is 149 Å². The maximum absolute atomic E-state index is 10.7. The quantitative estimate of drug-likeness (QED) is 0.0170. The van der Waals surface area contributed by atoms with Gasteiger partial charge >= 0.3 is 44.5 Å². The van der Waals surface area contributed by atoms with E-state index in [4.69, 9.17) is 14.7 Å². The number of carbonyl (C=O) groups excluding carboxylic acids is 1. The summed E-state index contributed by atoms with van der Waals surface area (Å²) in [6.07, 6.45) is 55.3. The van der Waals surface area contributed by atoms with Gasteiger partial charge < -0.3 is 34.1 Å². The van der Waals surface area contributed by atoms with Gasteiger partial charge in [0.05, 0.1) is 35.8 Å². The molecule has 25 heteroatoms. The zero-order valence-electron chi connectivity index (χ0n) is 58.3. The molecule has 2 heterocycles. The van der Waals surface area contributed by atoms with Crippen molar-refractivity contribution in [3.8, 4) is 0 Å². The zero-order valence-corrected chi connectivity index (χ0v) is 61.4. The van der Waals surface area contributed by atoms with E-state index in [1.54, 1.807) is 0 Å². The van der Waals surface area contributed by atoms with Crippen molar-refractivity contribution in [3.05, 3.63) is 250 Å². The topological polar surface area (TPSA) is 95.8 Å².